The smallest absolute Gasteiger partial charge is 0.321 e. The van der Waals surface area contributed by atoms with Crippen LogP contribution >= 0.6 is 0 Å². The zero-order chi connectivity index (χ0) is 26.1. The van der Waals surface area contributed by atoms with Crippen LogP contribution < -0.4 is 5.32 Å². The molecule has 0 heterocycles. The summed E-state index contributed by atoms with van der Waals surface area (Å²) in [7, 11) is -5.23. The van der Waals surface area contributed by atoms with E-state index in [4.69, 9.17) is 5.26 Å². The minimum Gasteiger partial charge on any atom is -0.321 e. The summed E-state index contributed by atoms with van der Waals surface area (Å²) in [5.41, 5.74) is -6.64. The lowest BCUT2D eigenvalue weighted by molar-refractivity contribution is -0.364. The number of amides is 1. The number of nitriles is 1. The number of nitrogens with one attached hydrogen (secondary N) is 1. The zero-order valence-corrected chi connectivity index (χ0v) is 18.7. The van der Waals surface area contributed by atoms with E-state index in [0.717, 1.165) is 6.92 Å². The third kappa shape index (κ3) is 5.34. The second-order valence-electron chi connectivity index (χ2n) is 7.29. The van der Waals surface area contributed by atoms with Gasteiger partial charge in [-0.1, -0.05) is 19.1 Å². The lowest BCUT2D eigenvalue weighted by atomic mass is 9.88. The van der Waals surface area contributed by atoms with E-state index >= 15 is 0 Å². The van der Waals surface area contributed by atoms with Crippen LogP contribution in [-0.2, 0) is 26.3 Å². The number of nitrogens with zero attached hydrogens (tertiary/aromatic N) is 1. The summed E-state index contributed by atoms with van der Waals surface area (Å²) >= 11 is 0. The first-order valence-electron chi connectivity index (χ1n) is 9.46. The van der Waals surface area contributed by atoms with Gasteiger partial charge in [-0.2, -0.15) is 40.0 Å². The highest BCUT2D eigenvalue weighted by molar-refractivity contribution is 7.86. The molecule has 0 radical (unpaired) electrons. The number of anilines is 1. The molecule has 1 amide bonds. The number of carbonyl (C=O) groups is 1. The predicted molar refractivity (Wildman–Crippen MR) is 109 cm³/mol. The minimum atomic E-state index is -6.20. The van der Waals surface area contributed by atoms with Crippen molar-refractivity contribution in [1.82, 2.24) is 0 Å². The number of rotatable bonds is 6. The summed E-state index contributed by atoms with van der Waals surface area (Å²) in [5.74, 6) is -0.722. The zero-order valence-electron chi connectivity index (χ0n) is 17.9. The molecule has 0 saturated carbocycles. The van der Waals surface area contributed by atoms with Crippen LogP contribution in [0.4, 0.5) is 32.0 Å². The molecule has 2 aromatic rings. The Labute approximate surface area is 191 Å². The van der Waals surface area contributed by atoms with Gasteiger partial charge in [-0.15, -0.1) is 0 Å². The van der Waals surface area contributed by atoms with Crippen molar-refractivity contribution >= 4 is 21.7 Å². The lowest BCUT2D eigenvalue weighted by Crippen LogP contribution is -2.56. The van der Waals surface area contributed by atoms with E-state index in [-0.39, 0.29) is 40.6 Å². The van der Waals surface area contributed by atoms with Crippen LogP contribution in [0, 0.1) is 18.3 Å². The van der Waals surface area contributed by atoms with Gasteiger partial charge in [0.2, 0.25) is 0 Å². The van der Waals surface area contributed by atoms with Crippen LogP contribution in [0.1, 0.15) is 39.5 Å². The van der Waals surface area contributed by atoms with Crippen LogP contribution in [0.5, 0.6) is 0 Å². The largest absolute Gasteiger partial charge is 0.432 e. The predicted octanol–water partition coefficient (Wildman–Crippen LogP) is 4.98. The maximum absolute atomic E-state index is 13.8. The number of halogens is 6. The first kappa shape index (κ1) is 27.1. The molecule has 2 aromatic carbocycles. The molecule has 0 aliphatic carbocycles. The Morgan fingerprint density at radius 2 is 1.59 bits per heavy atom. The molecule has 2 rings (SSSR count). The van der Waals surface area contributed by atoms with E-state index in [9.17, 15) is 39.6 Å². The SMILES string of the molecule is CCc1cc(C(OS(C)(=O)=O)(C(F)(F)F)C(F)(F)F)cc(C)c1NC(=O)c1ccc(C#N)cc1. The van der Waals surface area contributed by atoms with E-state index in [1.54, 1.807) is 0 Å². The monoisotopic (exact) mass is 508 g/mol. The van der Waals surface area contributed by atoms with Crippen molar-refractivity contribution in [3.05, 3.63) is 64.2 Å². The molecular formula is C21H18F6N2O4S. The lowest BCUT2D eigenvalue weighted by Gasteiger charge is -2.36. The number of alkyl halides is 6. The fourth-order valence-electron chi connectivity index (χ4n) is 3.26. The van der Waals surface area contributed by atoms with Gasteiger partial charge in [0, 0.05) is 16.8 Å². The summed E-state index contributed by atoms with van der Waals surface area (Å²) in [6.45, 7) is 2.59. The molecule has 0 aliphatic rings. The van der Waals surface area contributed by atoms with Crippen LogP contribution in [0.3, 0.4) is 0 Å². The Bertz CT molecular complexity index is 1220. The number of carbonyl (C=O) groups excluding carboxylic acids is 1. The van der Waals surface area contributed by atoms with Crippen molar-refractivity contribution in [2.75, 3.05) is 11.6 Å². The molecular weight excluding hydrogens is 490 g/mol. The number of benzene rings is 2. The van der Waals surface area contributed by atoms with E-state index < -0.39 is 39.5 Å². The molecule has 184 valence electrons. The molecule has 0 saturated heterocycles. The second kappa shape index (κ2) is 9.27. The average molecular weight is 508 g/mol. The van der Waals surface area contributed by atoms with Gasteiger partial charge < -0.3 is 5.32 Å². The second-order valence-corrected chi connectivity index (χ2v) is 8.86. The summed E-state index contributed by atoms with van der Waals surface area (Å²) in [4.78, 5) is 12.6. The molecule has 0 unspecified atom stereocenters. The fraction of sp³-hybridized carbons (Fsp3) is 0.333. The normalized spacial score (nSPS) is 12.8. The summed E-state index contributed by atoms with van der Waals surface area (Å²) < 4.78 is 110. The minimum absolute atomic E-state index is 0.0433. The molecule has 6 nitrogen and oxygen atoms in total. The van der Waals surface area contributed by atoms with E-state index in [2.05, 4.69) is 9.50 Å². The highest BCUT2D eigenvalue weighted by Crippen LogP contribution is 2.54. The number of hydrogen-bond donors (Lipinski definition) is 1. The molecule has 13 heteroatoms. The number of hydrogen-bond acceptors (Lipinski definition) is 5. The standard InChI is InChI=1S/C21H18F6N2O4S/c1-4-14-10-16(19(20(22,23)24,21(25,26)27)33-34(3,31)32)9-12(2)17(14)29-18(30)15-7-5-13(11-28)6-8-15/h5-10H,4H2,1-3H3,(H,29,30). The van der Waals surface area contributed by atoms with Gasteiger partial charge in [-0.3, -0.25) is 4.79 Å². The third-order valence-electron chi connectivity index (χ3n) is 4.79. The highest BCUT2D eigenvalue weighted by Gasteiger charge is 2.75. The van der Waals surface area contributed by atoms with Crippen molar-refractivity contribution < 1.29 is 43.7 Å². The molecule has 0 fully saturated rings. The maximum Gasteiger partial charge on any atom is 0.432 e. The quantitative estimate of drug-likeness (QED) is 0.439. The van der Waals surface area contributed by atoms with Crippen LogP contribution in [0.15, 0.2) is 36.4 Å². The Morgan fingerprint density at radius 1 is 1.06 bits per heavy atom. The van der Waals surface area contributed by atoms with E-state index in [0.29, 0.717) is 12.1 Å². The van der Waals surface area contributed by atoms with Crippen molar-refractivity contribution in [1.29, 1.82) is 5.26 Å². The van der Waals surface area contributed by atoms with E-state index in [1.807, 2.05) is 6.07 Å². The van der Waals surface area contributed by atoms with Gasteiger partial charge in [-0.25, -0.2) is 4.18 Å². The van der Waals surface area contributed by atoms with Gasteiger partial charge in [-0.05, 0) is 48.7 Å². The van der Waals surface area contributed by atoms with Crippen molar-refractivity contribution in [3.8, 4) is 6.07 Å². The Morgan fingerprint density at radius 3 is 2.00 bits per heavy atom. The van der Waals surface area contributed by atoms with Gasteiger partial charge in [0.1, 0.15) is 0 Å². The fourth-order valence-corrected chi connectivity index (χ4v) is 4.00. The summed E-state index contributed by atoms with van der Waals surface area (Å²) in [6.07, 6.45) is -12.4. The first-order valence-corrected chi connectivity index (χ1v) is 11.3. The molecule has 34 heavy (non-hydrogen) atoms. The van der Waals surface area contributed by atoms with Crippen molar-refractivity contribution in [3.63, 3.8) is 0 Å². The van der Waals surface area contributed by atoms with Crippen LogP contribution in [-0.4, -0.2) is 32.9 Å². The van der Waals surface area contributed by atoms with Gasteiger partial charge >= 0.3 is 18.0 Å². The van der Waals surface area contributed by atoms with Gasteiger partial charge in [0.15, 0.2) is 0 Å². The Kier molecular flexibility index (Phi) is 7.39. The summed E-state index contributed by atoms with van der Waals surface area (Å²) in [6, 6.07) is 8.19. The topological polar surface area (TPSA) is 96.3 Å². The number of aryl methyl sites for hydroxylation is 2. The van der Waals surface area contributed by atoms with E-state index in [1.165, 1.54) is 31.2 Å². The molecule has 1 N–H and O–H groups in total. The Hall–Kier alpha value is -3.11. The summed E-state index contributed by atoms with van der Waals surface area (Å²) in [5, 5.41) is 11.3. The maximum atomic E-state index is 13.8. The average Bonchev–Trinajstić information content (AvgIpc) is 2.70. The molecule has 0 bridgehead atoms. The van der Waals surface area contributed by atoms with Gasteiger partial charge in [0.05, 0.1) is 17.9 Å². The Balaban J connectivity index is 2.68. The molecule has 0 atom stereocenters. The first-order chi connectivity index (χ1) is 15.5. The third-order valence-corrected chi connectivity index (χ3v) is 5.35. The molecule has 0 spiro atoms. The van der Waals surface area contributed by atoms with Gasteiger partial charge in [0.25, 0.3) is 16.0 Å². The van der Waals surface area contributed by atoms with Crippen LogP contribution in [0.25, 0.3) is 0 Å². The van der Waals surface area contributed by atoms with Crippen LogP contribution in [0.2, 0.25) is 0 Å². The molecule has 0 aromatic heterocycles. The molecule has 0 aliphatic heterocycles. The van der Waals surface area contributed by atoms with Crippen molar-refractivity contribution in [2.24, 2.45) is 0 Å². The highest BCUT2D eigenvalue weighted by atomic mass is 32.2. The van der Waals surface area contributed by atoms with Crippen molar-refractivity contribution in [2.45, 2.75) is 38.2 Å².